The maximum Gasteiger partial charge on any atom is 0.254 e. The number of nitrogens with two attached hydrogens (primary N) is 1. The molecule has 26 heavy (non-hydrogen) atoms. The fraction of sp³-hybridized carbons (Fsp3) is 0.421. The number of nitrogens with zero attached hydrogens (tertiary/aromatic N) is 2. The highest BCUT2D eigenvalue weighted by Crippen LogP contribution is 2.24. The third-order valence-electron chi connectivity index (χ3n) is 4.50. The molecular weight excluding hydrogens is 332 g/mol. The minimum absolute atomic E-state index is 0.124. The van der Waals surface area contributed by atoms with Gasteiger partial charge in [-0.3, -0.25) is 4.79 Å². The first-order chi connectivity index (χ1) is 12.6. The molecule has 138 valence electrons. The van der Waals surface area contributed by atoms with Crippen molar-refractivity contribution in [2.24, 2.45) is 5.73 Å². The molecule has 7 nitrogen and oxygen atoms in total. The highest BCUT2D eigenvalue weighted by molar-refractivity contribution is 5.97. The summed E-state index contributed by atoms with van der Waals surface area (Å²) in [7, 11) is 0. The predicted octanol–water partition coefficient (Wildman–Crippen LogP) is 1.89. The van der Waals surface area contributed by atoms with Crippen LogP contribution in [0.5, 0.6) is 5.75 Å². The van der Waals surface area contributed by atoms with Crippen molar-refractivity contribution in [3.63, 3.8) is 0 Å². The Hall–Kier alpha value is -2.67. The molecule has 2 aromatic rings. The Morgan fingerprint density at radius 2 is 2.12 bits per heavy atom. The van der Waals surface area contributed by atoms with E-state index in [4.69, 9.17) is 10.5 Å². The lowest BCUT2D eigenvalue weighted by molar-refractivity contribution is 0.1000. The van der Waals surface area contributed by atoms with Gasteiger partial charge in [-0.25, -0.2) is 9.97 Å². The number of primary amides is 1. The lowest BCUT2D eigenvalue weighted by Gasteiger charge is -2.19. The molecule has 0 radical (unpaired) electrons. The van der Waals surface area contributed by atoms with Gasteiger partial charge in [-0.05, 0) is 43.9 Å². The Kier molecular flexibility index (Phi) is 5.68. The summed E-state index contributed by atoms with van der Waals surface area (Å²) < 4.78 is 5.44. The van der Waals surface area contributed by atoms with Gasteiger partial charge in [0.1, 0.15) is 17.4 Å². The average Bonchev–Trinajstić information content (AvgIpc) is 3.02. The van der Waals surface area contributed by atoms with Crippen molar-refractivity contribution in [2.45, 2.75) is 44.8 Å². The Labute approximate surface area is 152 Å². The third kappa shape index (κ3) is 4.29. The molecule has 1 saturated carbocycles. The number of amides is 1. The molecule has 2 atom stereocenters. The van der Waals surface area contributed by atoms with Crippen LogP contribution in [0.3, 0.4) is 0 Å². The number of hydrogen-bond donors (Lipinski definition) is 3. The Balaban J connectivity index is 1.79. The first kappa shape index (κ1) is 18.1. The molecule has 0 aliphatic heterocycles. The van der Waals surface area contributed by atoms with Crippen LogP contribution in [0.4, 0.5) is 5.82 Å². The molecule has 4 N–H and O–H groups in total. The molecule has 1 aliphatic carbocycles. The molecular formula is C19H24N4O3. The number of aliphatic hydroxyl groups excluding tert-OH is 1. The monoisotopic (exact) mass is 356 g/mol. The molecule has 0 spiro atoms. The second-order valence-electron chi connectivity index (χ2n) is 6.42. The summed E-state index contributed by atoms with van der Waals surface area (Å²) in [5.74, 6) is 1.19. The lowest BCUT2D eigenvalue weighted by atomic mass is 10.1. The summed E-state index contributed by atoms with van der Waals surface area (Å²) in [4.78, 5) is 20.4. The highest BCUT2D eigenvalue weighted by Gasteiger charge is 2.26. The van der Waals surface area contributed by atoms with Crippen molar-refractivity contribution >= 4 is 11.7 Å². The zero-order valence-corrected chi connectivity index (χ0v) is 14.8. The molecule has 3 rings (SSSR count). The number of carbonyl (C=O) groups is 1. The van der Waals surface area contributed by atoms with E-state index in [0.717, 1.165) is 30.6 Å². The van der Waals surface area contributed by atoms with Crippen molar-refractivity contribution in [2.75, 3.05) is 11.9 Å². The Bertz CT molecular complexity index is 764. The van der Waals surface area contributed by atoms with Gasteiger partial charge in [0, 0.05) is 12.6 Å². The SMILES string of the molecule is CCOc1ccc(Cc2ncc(C(N)=O)c(N[C@H]3CCC[C@@H]3O)n2)cc1. The quantitative estimate of drug-likeness (QED) is 0.699. The number of aliphatic hydroxyl groups is 1. The first-order valence-electron chi connectivity index (χ1n) is 8.89. The number of carbonyl (C=O) groups excluding carboxylic acids is 1. The van der Waals surface area contributed by atoms with Gasteiger partial charge >= 0.3 is 0 Å². The summed E-state index contributed by atoms with van der Waals surface area (Å²) in [6.07, 6.45) is 4.04. The number of rotatable bonds is 7. The number of hydrogen-bond acceptors (Lipinski definition) is 6. The molecule has 1 fully saturated rings. The van der Waals surface area contributed by atoms with Gasteiger partial charge in [0.25, 0.3) is 5.91 Å². The summed E-state index contributed by atoms with van der Waals surface area (Å²) in [5, 5.41) is 13.2. The minimum Gasteiger partial charge on any atom is -0.494 e. The molecule has 7 heteroatoms. The van der Waals surface area contributed by atoms with Crippen LogP contribution in [0, 0.1) is 0 Å². The van der Waals surface area contributed by atoms with Crippen LogP contribution in [0.15, 0.2) is 30.5 Å². The molecule has 1 aromatic heterocycles. The fourth-order valence-electron chi connectivity index (χ4n) is 3.13. The van der Waals surface area contributed by atoms with E-state index in [1.54, 1.807) is 0 Å². The van der Waals surface area contributed by atoms with E-state index in [9.17, 15) is 9.90 Å². The summed E-state index contributed by atoms with van der Waals surface area (Å²) in [6, 6.07) is 7.62. The largest absolute Gasteiger partial charge is 0.494 e. The topological polar surface area (TPSA) is 110 Å². The number of ether oxygens (including phenoxy) is 1. The van der Waals surface area contributed by atoms with Crippen LogP contribution in [0.2, 0.25) is 0 Å². The van der Waals surface area contributed by atoms with Gasteiger partial charge < -0.3 is 20.9 Å². The van der Waals surface area contributed by atoms with Gasteiger partial charge in [0.15, 0.2) is 0 Å². The number of nitrogens with one attached hydrogen (secondary N) is 1. The van der Waals surface area contributed by atoms with Crippen molar-refractivity contribution in [3.8, 4) is 5.75 Å². The average molecular weight is 356 g/mol. The van der Waals surface area contributed by atoms with Crippen LogP contribution in [0.1, 0.15) is 47.9 Å². The van der Waals surface area contributed by atoms with E-state index in [-0.39, 0.29) is 11.6 Å². The molecule has 0 unspecified atom stereocenters. The molecule has 0 bridgehead atoms. The van der Waals surface area contributed by atoms with Crippen molar-refractivity contribution in [1.82, 2.24) is 9.97 Å². The molecule has 1 aromatic carbocycles. The summed E-state index contributed by atoms with van der Waals surface area (Å²) in [6.45, 7) is 2.57. The maximum atomic E-state index is 11.7. The van der Waals surface area contributed by atoms with Crippen LogP contribution in [-0.2, 0) is 6.42 Å². The van der Waals surface area contributed by atoms with Crippen LogP contribution < -0.4 is 15.8 Å². The van der Waals surface area contributed by atoms with Crippen molar-refractivity contribution in [1.29, 1.82) is 0 Å². The summed E-state index contributed by atoms with van der Waals surface area (Å²) in [5.41, 5.74) is 6.71. The molecule has 1 amide bonds. The van der Waals surface area contributed by atoms with Crippen LogP contribution in [0.25, 0.3) is 0 Å². The van der Waals surface area contributed by atoms with E-state index < -0.39 is 12.0 Å². The number of aromatic nitrogens is 2. The van der Waals surface area contributed by atoms with Crippen LogP contribution in [-0.4, -0.2) is 39.7 Å². The lowest BCUT2D eigenvalue weighted by Crippen LogP contribution is -2.30. The van der Waals surface area contributed by atoms with Gasteiger partial charge in [0.2, 0.25) is 0 Å². The predicted molar refractivity (Wildman–Crippen MR) is 98.2 cm³/mol. The summed E-state index contributed by atoms with van der Waals surface area (Å²) >= 11 is 0. The van der Waals surface area contributed by atoms with E-state index in [1.165, 1.54) is 6.20 Å². The van der Waals surface area contributed by atoms with E-state index in [2.05, 4.69) is 15.3 Å². The molecule has 1 heterocycles. The zero-order chi connectivity index (χ0) is 18.5. The number of benzene rings is 1. The normalized spacial score (nSPS) is 19.3. The van der Waals surface area contributed by atoms with Crippen molar-refractivity contribution < 1.29 is 14.6 Å². The maximum absolute atomic E-state index is 11.7. The van der Waals surface area contributed by atoms with Gasteiger partial charge in [-0.2, -0.15) is 0 Å². The smallest absolute Gasteiger partial charge is 0.254 e. The fourth-order valence-corrected chi connectivity index (χ4v) is 3.13. The third-order valence-corrected chi connectivity index (χ3v) is 4.50. The van der Waals surface area contributed by atoms with Gasteiger partial charge in [0.05, 0.1) is 24.3 Å². The zero-order valence-electron chi connectivity index (χ0n) is 14.8. The number of anilines is 1. The second kappa shape index (κ2) is 8.14. The first-order valence-corrected chi connectivity index (χ1v) is 8.89. The van der Waals surface area contributed by atoms with Crippen molar-refractivity contribution in [3.05, 3.63) is 47.4 Å². The van der Waals surface area contributed by atoms with Crippen LogP contribution >= 0.6 is 0 Å². The molecule has 0 saturated heterocycles. The Morgan fingerprint density at radius 1 is 1.35 bits per heavy atom. The minimum atomic E-state index is -0.590. The van der Waals surface area contributed by atoms with E-state index in [0.29, 0.717) is 24.7 Å². The van der Waals surface area contributed by atoms with Gasteiger partial charge in [-0.15, -0.1) is 0 Å². The molecule has 1 aliphatic rings. The second-order valence-corrected chi connectivity index (χ2v) is 6.42. The Morgan fingerprint density at radius 3 is 2.73 bits per heavy atom. The highest BCUT2D eigenvalue weighted by atomic mass is 16.5. The van der Waals surface area contributed by atoms with E-state index >= 15 is 0 Å². The standard InChI is InChI=1S/C19H24N4O3/c1-2-26-13-8-6-12(7-9-13)10-17-21-11-14(18(20)25)19(23-17)22-15-4-3-5-16(15)24/h6-9,11,15-16,24H,2-5,10H2,1H3,(H2,20,25)(H,21,22,23)/t15-,16-/m0/s1. The van der Waals surface area contributed by atoms with Gasteiger partial charge in [-0.1, -0.05) is 12.1 Å². The van der Waals surface area contributed by atoms with E-state index in [1.807, 2.05) is 31.2 Å².